The first-order valence-corrected chi connectivity index (χ1v) is 7.28. The fraction of sp³-hybridized carbons (Fsp3) is 0.933. The summed E-state index contributed by atoms with van der Waals surface area (Å²) >= 11 is 0. The van der Waals surface area contributed by atoms with Crippen molar-refractivity contribution >= 4 is 6.09 Å². The molecule has 0 saturated carbocycles. The third-order valence-electron chi connectivity index (χ3n) is 4.28. The van der Waals surface area contributed by atoms with Crippen LogP contribution in [-0.4, -0.2) is 53.0 Å². The number of rotatable bonds is 2. The number of nitrogens with zero attached hydrogens (tertiary/aromatic N) is 1. The Hall–Kier alpha value is -0.810. The van der Waals surface area contributed by atoms with Crippen molar-refractivity contribution in [3.05, 3.63) is 0 Å². The molecule has 0 radical (unpaired) electrons. The Bertz CT molecular complexity index is 353. The van der Waals surface area contributed by atoms with Crippen LogP contribution in [0, 0.1) is 5.41 Å². The maximum absolute atomic E-state index is 12.1. The predicted octanol–water partition coefficient (Wildman–Crippen LogP) is 1.99. The quantitative estimate of drug-likeness (QED) is 0.815. The maximum Gasteiger partial charge on any atom is 0.410 e. The van der Waals surface area contributed by atoms with Crippen molar-refractivity contribution in [3.8, 4) is 0 Å². The van der Waals surface area contributed by atoms with Crippen molar-refractivity contribution in [3.63, 3.8) is 0 Å². The van der Waals surface area contributed by atoms with Crippen LogP contribution in [0.5, 0.6) is 0 Å². The van der Waals surface area contributed by atoms with Crippen LogP contribution < -0.4 is 5.32 Å². The van der Waals surface area contributed by atoms with Crippen LogP contribution in [0.1, 0.15) is 48.5 Å². The molecule has 1 rings (SSSR count). The molecule has 118 valence electrons. The first kappa shape index (κ1) is 17.2. The molecule has 0 spiro atoms. The van der Waals surface area contributed by atoms with E-state index in [9.17, 15) is 9.90 Å². The van der Waals surface area contributed by atoms with Crippen LogP contribution in [0.25, 0.3) is 0 Å². The van der Waals surface area contributed by atoms with Gasteiger partial charge in [0.15, 0.2) is 0 Å². The summed E-state index contributed by atoms with van der Waals surface area (Å²) in [6, 6.07) is 0.0313. The highest BCUT2D eigenvalue weighted by Crippen LogP contribution is 2.35. The number of piperazine rings is 1. The second-order valence-electron chi connectivity index (χ2n) is 7.71. The molecule has 1 aliphatic heterocycles. The molecule has 1 fully saturated rings. The van der Waals surface area contributed by atoms with Crippen molar-refractivity contribution in [1.82, 2.24) is 10.2 Å². The summed E-state index contributed by atoms with van der Waals surface area (Å²) in [5, 5.41) is 13.7. The Kier molecular flexibility index (Phi) is 4.76. The van der Waals surface area contributed by atoms with Crippen LogP contribution in [0.3, 0.4) is 0 Å². The summed E-state index contributed by atoms with van der Waals surface area (Å²) in [7, 11) is 0. The summed E-state index contributed by atoms with van der Waals surface area (Å²) in [6.45, 7) is 15.1. The van der Waals surface area contributed by atoms with Gasteiger partial charge in [-0.25, -0.2) is 4.79 Å². The molecule has 20 heavy (non-hydrogen) atoms. The lowest BCUT2D eigenvalue weighted by atomic mass is 9.71. The van der Waals surface area contributed by atoms with E-state index in [1.807, 2.05) is 34.6 Å². The minimum atomic E-state index is -0.832. The molecule has 0 aliphatic carbocycles. The van der Waals surface area contributed by atoms with Gasteiger partial charge in [0.05, 0.1) is 5.60 Å². The molecule has 2 N–H and O–H groups in total. The highest BCUT2D eigenvalue weighted by atomic mass is 16.6. The average molecular weight is 286 g/mol. The average Bonchev–Trinajstić information content (AvgIpc) is 2.25. The zero-order valence-corrected chi connectivity index (χ0v) is 13.9. The van der Waals surface area contributed by atoms with E-state index in [-0.39, 0.29) is 17.6 Å². The summed E-state index contributed by atoms with van der Waals surface area (Å²) < 4.78 is 5.42. The van der Waals surface area contributed by atoms with Crippen LogP contribution in [0.4, 0.5) is 4.79 Å². The van der Waals surface area contributed by atoms with E-state index in [4.69, 9.17) is 4.74 Å². The first-order valence-electron chi connectivity index (χ1n) is 7.28. The Morgan fingerprint density at radius 1 is 1.20 bits per heavy atom. The second kappa shape index (κ2) is 5.53. The lowest BCUT2D eigenvalue weighted by molar-refractivity contribution is -0.0679. The van der Waals surface area contributed by atoms with Crippen LogP contribution >= 0.6 is 0 Å². The molecular formula is C15H30N2O3. The highest BCUT2D eigenvalue weighted by Gasteiger charge is 2.44. The predicted molar refractivity (Wildman–Crippen MR) is 79.7 cm³/mol. The molecule has 5 nitrogen and oxygen atoms in total. The van der Waals surface area contributed by atoms with Gasteiger partial charge in [0.2, 0.25) is 0 Å². The third kappa shape index (κ3) is 4.09. The lowest BCUT2D eigenvalue weighted by Crippen LogP contribution is -2.63. The number of hydrogen-bond donors (Lipinski definition) is 2. The van der Waals surface area contributed by atoms with Crippen LogP contribution in [0.2, 0.25) is 0 Å². The molecule has 1 aliphatic rings. The number of carbonyl (C=O) groups is 1. The van der Waals surface area contributed by atoms with Crippen molar-refractivity contribution in [2.24, 2.45) is 5.41 Å². The van der Waals surface area contributed by atoms with Crippen molar-refractivity contribution < 1.29 is 14.6 Å². The lowest BCUT2D eigenvalue weighted by Gasteiger charge is -2.47. The fourth-order valence-corrected chi connectivity index (χ4v) is 2.15. The number of aliphatic hydroxyl groups is 1. The number of amides is 1. The summed E-state index contributed by atoms with van der Waals surface area (Å²) in [4.78, 5) is 13.9. The minimum Gasteiger partial charge on any atom is -0.444 e. The van der Waals surface area contributed by atoms with E-state index in [2.05, 4.69) is 5.32 Å². The minimum absolute atomic E-state index is 0.0313. The molecule has 0 aromatic rings. The largest absolute Gasteiger partial charge is 0.444 e. The monoisotopic (exact) mass is 286 g/mol. The van der Waals surface area contributed by atoms with Gasteiger partial charge in [-0.05, 0) is 34.6 Å². The standard InChI is InChI=1S/C15H30N2O3/c1-13(2,3)20-12(18)17-9-8-16-11(10-17)14(4,5)15(6,7)19/h11,16,19H,8-10H2,1-7H3. The van der Waals surface area contributed by atoms with Crippen LogP contribution in [-0.2, 0) is 4.74 Å². The molecular weight excluding hydrogens is 256 g/mol. The van der Waals surface area contributed by atoms with Gasteiger partial charge in [-0.15, -0.1) is 0 Å². The number of hydrogen-bond acceptors (Lipinski definition) is 4. The molecule has 1 unspecified atom stereocenters. The molecule has 1 amide bonds. The van der Waals surface area contributed by atoms with Gasteiger partial charge < -0.3 is 20.1 Å². The van der Waals surface area contributed by atoms with Gasteiger partial charge in [-0.3, -0.25) is 0 Å². The summed E-state index contributed by atoms with van der Waals surface area (Å²) in [6.07, 6.45) is -0.282. The summed E-state index contributed by atoms with van der Waals surface area (Å²) in [5.74, 6) is 0. The van der Waals surface area contributed by atoms with Gasteiger partial charge in [-0.1, -0.05) is 13.8 Å². The Morgan fingerprint density at radius 2 is 1.75 bits per heavy atom. The highest BCUT2D eigenvalue weighted by molar-refractivity contribution is 5.68. The van der Waals surface area contributed by atoms with Gasteiger partial charge in [0.1, 0.15) is 5.60 Å². The Balaban J connectivity index is 2.75. The van der Waals surface area contributed by atoms with Crippen molar-refractivity contribution in [2.75, 3.05) is 19.6 Å². The zero-order chi connectivity index (χ0) is 15.8. The van der Waals surface area contributed by atoms with Crippen LogP contribution in [0.15, 0.2) is 0 Å². The second-order valence-corrected chi connectivity index (χ2v) is 7.71. The number of carbonyl (C=O) groups excluding carboxylic acids is 1. The normalized spacial score (nSPS) is 21.8. The van der Waals surface area contributed by atoms with Crippen molar-refractivity contribution in [2.45, 2.75) is 65.7 Å². The molecule has 1 atom stereocenters. The Labute approximate surface area is 122 Å². The van der Waals surface area contributed by atoms with Gasteiger partial charge >= 0.3 is 6.09 Å². The molecule has 0 bridgehead atoms. The van der Waals surface area contributed by atoms with E-state index in [1.165, 1.54) is 0 Å². The van der Waals surface area contributed by atoms with Gasteiger partial charge in [-0.2, -0.15) is 0 Å². The topological polar surface area (TPSA) is 61.8 Å². The number of ether oxygens (including phenoxy) is 1. The van der Waals surface area contributed by atoms with E-state index < -0.39 is 11.2 Å². The summed E-state index contributed by atoms with van der Waals surface area (Å²) in [5.41, 5.74) is -1.67. The van der Waals surface area contributed by atoms with Gasteiger partial charge in [0, 0.05) is 31.1 Å². The zero-order valence-electron chi connectivity index (χ0n) is 13.9. The maximum atomic E-state index is 12.1. The molecule has 1 heterocycles. The Morgan fingerprint density at radius 3 is 2.20 bits per heavy atom. The molecule has 1 saturated heterocycles. The van der Waals surface area contributed by atoms with Crippen molar-refractivity contribution in [1.29, 1.82) is 0 Å². The molecule has 5 heteroatoms. The molecule has 0 aromatic heterocycles. The number of nitrogens with one attached hydrogen (secondary N) is 1. The fourth-order valence-electron chi connectivity index (χ4n) is 2.15. The van der Waals surface area contributed by atoms with E-state index in [1.54, 1.807) is 18.7 Å². The van der Waals surface area contributed by atoms with E-state index in [0.29, 0.717) is 19.6 Å². The van der Waals surface area contributed by atoms with E-state index in [0.717, 1.165) is 0 Å². The third-order valence-corrected chi connectivity index (χ3v) is 4.28. The molecule has 0 aromatic carbocycles. The van der Waals surface area contributed by atoms with Gasteiger partial charge in [0.25, 0.3) is 0 Å². The smallest absolute Gasteiger partial charge is 0.410 e. The SMILES string of the molecule is CC(C)(C)OC(=O)N1CCNC(C(C)(C)C(C)(C)O)C1. The van der Waals surface area contributed by atoms with E-state index >= 15 is 0 Å². The first-order chi connectivity index (χ1) is 8.84.